The SMILES string of the molecule is O=C(NCCc1cccc(Cl)c1)c1cc2ccccc2[nH]1. The first-order valence-electron chi connectivity index (χ1n) is 6.83. The zero-order chi connectivity index (χ0) is 14.7. The Balaban J connectivity index is 1.61. The van der Waals surface area contributed by atoms with Crippen LogP contribution in [0.2, 0.25) is 5.02 Å². The average molecular weight is 299 g/mol. The van der Waals surface area contributed by atoms with Gasteiger partial charge in [0.15, 0.2) is 0 Å². The molecule has 106 valence electrons. The van der Waals surface area contributed by atoms with E-state index in [-0.39, 0.29) is 5.91 Å². The van der Waals surface area contributed by atoms with Gasteiger partial charge in [-0.25, -0.2) is 0 Å². The second-order valence-electron chi connectivity index (χ2n) is 4.91. The van der Waals surface area contributed by atoms with Crippen molar-refractivity contribution in [2.75, 3.05) is 6.54 Å². The fourth-order valence-electron chi connectivity index (χ4n) is 2.30. The number of nitrogens with one attached hydrogen (secondary N) is 2. The Hall–Kier alpha value is -2.26. The van der Waals surface area contributed by atoms with Gasteiger partial charge in [-0.1, -0.05) is 41.9 Å². The number of hydrogen-bond donors (Lipinski definition) is 2. The predicted molar refractivity (Wildman–Crippen MR) is 85.8 cm³/mol. The normalized spacial score (nSPS) is 10.7. The third-order valence-electron chi connectivity index (χ3n) is 3.36. The average Bonchev–Trinajstić information content (AvgIpc) is 2.91. The first-order chi connectivity index (χ1) is 10.2. The quantitative estimate of drug-likeness (QED) is 0.756. The Morgan fingerprint density at radius 1 is 1.10 bits per heavy atom. The molecule has 1 heterocycles. The third kappa shape index (κ3) is 3.26. The molecule has 0 atom stereocenters. The lowest BCUT2D eigenvalue weighted by atomic mass is 10.1. The molecule has 1 amide bonds. The molecule has 2 N–H and O–H groups in total. The van der Waals surface area contributed by atoms with Crippen LogP contribution < -0.4 is 5.32 Å². The highest BCUT2D eigenvalue weighted by Crippen LogP contribution is 2.14. The van der Waals surface area contributed by atoms with Crippen LogP contribution in [0.1, 0.15) is 16.1 Å². The molecular weight excluding hydrogens is 284 g/mol. The lowest BCUT2D eigenvalue weighted by molar-refractivity contribution is 0.0950. The summed E-state index contributed by atoms with van der Waals surface area (Å²) in [4.78, 5) is 15.2. The summed E-state index contributed by atoms with van der Waals surface area (Å²) in [6.07, 6.45) is 0.756. The van der Waals surface area contributed by atoms with Gasteiger partial charge in [0.05, 0.1) is 0 Å². The van der Waals surface area contributed by atoms with E-state index in [1.807, 2.05) is 54.6 Å². The van der Waals surface area contributed by atoms with Crippen molar-refractivity contribution in [3.63, 3.8) is 0 Å². The molecule has 0 unspecified atom stereocenters. The first kappa shape index (κ1) is 13.7. The van der Waals surface area contributed by atoms with E-state index >= 15 is 0 Å². The largest absolute Gasteiger partial charge is 0.351 e. The summed E-state index contributed by atoms with van der Waals surface area (Å²) >= 11 is 5.94. The molecule has 21 heavy (non-hydrogen) atoms. The maximum atomic E-state index is 12.1. The fourth-order valence-corrected chi connectivity index (χ4v) is 2.52. The van der Waals surface area contributed by atoms with Gasteiger partial charge in [0, 0.05) is 22.5 Å². The number of benzene rings is 2. The number of carbonyl (C=O) groups is 1. The number of hydrogen-bond acceptors (Lipinski definition) is 1. The molecule has 1 aromatic heterocycles. The number of fused-ring (bicyclic) bond motifs is 1. The molecule has 3 aromatic rings. The summed E-state index contributed by atoms with van der Waals surface area (Å²) in [5, 5.41) is 4.67. The van der Waals surface area contributed by atoms with Crippen molar-refractivity contribution in [1.82, 2.24) is 10.3 Å². The van der Waals surface area contributed by atoms with Gasteiger partial charge >= 0.3 is 0 Å². The molecule has 0 bridgehead atoms. The Labute approximate surface area is 127 Å². The van der Waals surface area contributed by atoms with E-state index in [1.54, 1.807) is 0 Å². The summed E-state index contributed by atoms with van der Waals surface area (Å²) < 4.78 is 0. The van der Waals surface area contributed by atoms with Gasteiger partial charge < -0.3 is 10.3 Å². The summed E-state index contributed by atoms with van der Waals surface area (Å²) in [5.74, 6) is -0.0896. The molecule has 0 saturated heterocycles. The number of amides is 1. The van der Waals surface area contributed by atoms with Crippen molar-refractivity contribution < 1.29 is 4.79 Å². The topological polar surface area (TPSA) is 44.9 Å². The van der Waals surface area contributed by atoms with Crippen molar-refractivity contribution in [1.29, 1.82) is 0 Å². The Morgan fingerprint density at radius 2 is 1.95 bits per heavy atom. The highest BCUT2D eigenvalue weighted by molar-refractivity contribution is 6.30. The minimum atomic E-state index is -0.0896. The van der Waals surface area contributed by atoms with Gasteiger partial charge in [-0.3, -0.25) is 4.79 Å². The van der Waals surface area contributed by atoms with E-state index in [0.29, 0.717) is 12.2 Å². The number of para-hydroxylation sites is 1. The van der Waals surface area contributed by atoms with Crippen LogP contribution in [-0.4, -0.2) is 17.4 Å². The summed E-state index contributed by atoms with van der Waals surface area (Å²) in [6, 6.07) is 17.4. The van der Waals surface area contributed by atoms with Gasteiger partial charge in [0.2, 0.25) is 0 Å². The second-order valence-corrected chi connectivity index (χ2v) is 5.34. The third-order valence-corrected chi connectivity index (χ3v) is 3.60. The number of rotatable bonds is 4. The van der Waals surface area contributed by atoms with Crippen molar-refractivity contribution in [2.24, 2.45) is 0 Å². The molecule has 0 aliphatic rings. The Kier molecular flexibility index (Phi) is 3.93. The lowest BCUT2D eigenvalue weighted by Gasteiger charge is -2.04. The first-order valence-corrected chi connectivity index (χ1v) is 7.20. The highest BCUT2D eigenvalue weighted by atomic mass is 35.5. The zero-order valence-corrected chi connectivity index (χ0v) is 12.2. The smallest absolute Gasteiger partial charge is 0.267 e. The van der Waals surface area contributed by atoms with E-state index in [2.05, 4.69) is 10.3 Å². The number of aromatic nitrogens is 1. The van der Waals surface area contributed by atoms with Crippen molar-refractivity contribution in [3.05, 3.63) is 70.9 Å². The highest BCUT2D eigenvalue weighted by Gasteiger charge is 2.08. The molecule has 4 heteroatoms. The van der Waals surface area contributed by atoms with Crippen LogP contribution in [0.4, 0.5) is 0 Å². The molecular formula is C17H15ClN2O. The predicted octanol–water partition coefficient (Wildman–Crippen LogP) is 3.79. The maximum absolute atomic E-state index is 12.1. The van der Waals surface area contributed by atoms with Crippen LogP contribution in [-0.2, 0) is 6.42 Å². The summed E-state index contributed by atoms with van der Waals surface area (Å²) in [7, 11) is 0. The molecule has 2 aromatic carbocycles. The number of H-pyrrole nitrogens is 1. The second kappa shape index (κ2) is 6.02. The molecule has 3 rings (SSSR count). The van der Waals surface area contributed by atoms with Crippen LogP contribution in [0.3, 0.4) is 0 Å². The van der Waals surface area contributed by atoms with Crippen molar-refractivity contribution in [2.45, 2.75) is 6.42 Å². The minimum Gasteiger partial charge on any atom is -0.351 e. The number of halogens is 1. The molecule has 0 spiro atoms. The zero-order valence-electron chi connectivity index (χ0n) is 11.4. The summed E-state index contributed by atoms with van der Waals surface area (Å²) in [5.41, 5.74) is 2.67. The minimum absolute atomic E-state index is 0.0896. The van der Waals surface area contributed by atoms with Crippen LogP contribution >= 0.6 is 11.6 Å². The molecule has 3 nitrogen and oxygen atoms in total. The van der Waals surface area contributed by atoms with Gasteiger partial charge in [-0.05, 0) is 36.2 Å². The van der Waals surface area contributed by atoms with Gasteiger partial charge in [-0.15, -0.1) is 0 Å². The Bertz CT molecular complexity index is 746. The molecule has 0 fully saturated rings. The lowest BCUT2D eigenvalue weighted by Crippen LogP contribution is -2.25. The van der Waals surface area contributed by atoms with Crippen molar-refractivity contribution in [3.8, 4) is 0 Å². The van der Waals surface area contributed by atoms with E-state index in [0.717, 1.165) is 27.9 Å². The molecule has 0 aliphatic heterocycles. The summed E-state index contributed by atoms with van der Waals surface area (Å²) in [6.45, 7) is 0.578. The molecule has 0 aliphatic carbocycles. The molecule has 0 saturated carbocycles. The van der Waals surface area contributed by atoms with Crippen LogP contribution in [0.5, 0.6) is 0 Å². The molecule has 0 radical (unpaired) electrons. The van der Waals surface area contributed by atoms with Crippen LogP contribution in [0.25, 0.3) is 10.9 Å². The maximum Gasteiger partial charge on any atom is 0.267 e. The van der Waals surface area contributed by atoms with E-state index in [4.69, 9.17) is 11.6 Å². The van der Waals surface area contributed by atoms with Crippen molar-refractivity contribution >= 4 is 28.4 Å². The van der Waals surface area contributed by atoms with Gasteiger partial charge in [-0.2, -0.15) is 0 Å². The number of carbonyl (C=O) groups excluding carboxylic acids is 1. The monoisotopic (exact) mass is 298 g/mol. The van der Waals surface area contributed by atoms with Gasteiger partial charge in [0.25, 0.3) is 5.91 Å². The number of aromatic amines is 1. The standard InChI is InChI=1S/C17H15ClN2O/c18-14-6-3-4-12(10-14)8-9-19-17(21)16-11-13-5-1-2-7-15(13)20-16/h1-7,10-11,20H,8-9H2,(H,19,21). The van der Waals surface area contributed by atoms with E-state index in [1.165, 1.54) is 0 Å². The van der Waals surface area contributed by atoms with Gasteiger partial charge in [0.1, 0.15) is 5.69 Å². The van der Waals surface area contributed by atoms with Crippen LogP contribution in [0, 0.1) is 0 Å². The fraction of sp³-hybridized carbons (Fsp3) is 0.118. The van der Waals surface area contributed by atoms with Crippen LogP contribution in [0.15, 0.2) is 54.6 Å². The van der Waals surface area contributed by atoms with E-state index in [9.17, 15) is 4.79 Å². The van der Waals surface area contributed by atoms with E-state index < -0.39 is 0 Å². The Morgan fingerprint density at radius 3 is 2.76 bits per heavy atom.